The van der Waals surface area contributed by atoms with Crippen molar-refractivity contribution in [3.8, 4) is 5.75 Å². The minimum Gasteiger partial charge on any atom is -0.496 e. The van der Waals surface area contributed by atoms with Crippen LogP contribution in [0.1, 0.15) is 16.2 Å². The summed E-state index contributed by atoms with van der Waals surface area (Å²) in [5.74, 6) is 1.59. The first-order valence-electron chi connectivity index (χ1n) is 6.53. The standard InChI is InChI=1S/C14H16N4O2/c1-20-13-5-3-2-4-11(13)12(19)8-17-6-7-18-10-15-16-14(18)9-17/h2-5,10H,6-9H2,1H3. The van der Waals surface area contributed by atoms with Gasteiger partial charge >= 0.3 is 0 Å². The number of ketones is 1. The number of benzene rings is 1. The summed E-state index contributed by atoms with van der Waals surface area (Å²) in [5.41, 5.74) is 0.627. The van der Waals surface area contributed by atoms with Crippen molar-refractivity contribution < 1.29 is 9.53 Å². The highest BCUT2D eigenvalue weighted by atomic mass is 16.5. The number of Topliss-reactive ketones (excluding diaryl/α,β-unsaturated/α-hetero) is 1. The van der Waals surface area contributed by atoms with Crippen molar-refractivity contribution in [2.45, 2.75) is 13.1 Å². The third-order valence-electron chi connectivity index (χ3n) is 3.49. The number of ether oxygens (including phenoxy) is 1. The fourth-order valence-electron chi connectivity index (χ4n) is 2.41. The zero-order chi connectivity index (χ0) is 13.9. The summed E-state index contributed by atoms with van der Waals surface area (Å²) in [7, 11) is 1.58. The van der Waals surface area contributed by atoms with E-state index in [1.807, 2.05) is 16.7 Å². The number of aromatic nitrogens is 3. The maximum absolute atomic E-state index is 12.4. The number of methoxy groups -OCH3 is 1. The van der Waals surface area contributed by atoms with E-state index in [0.29, 0.717) is 24.4 Å². The molecule has 0 fully saturated rings. The average molecular weight is 272 g/mol. The molecule has 0 saturated heterocycles. The van der Waals surface area contributed by atoms with E-state index >= 15 is 0 Å². The Bertz CT molecular complexity index is 623. The van der Waals surface area contributed by atoms with Crippen molar-refractivity contribution in [2.24, 2.45) is 0 Å². The molecule has 0 atom stereocenters. The minimum atomic E-state index is 0.0652. The van der Waals surface area contributed by atoms with Crippen LogP contribution in [0.15, 0.2) is 30.6 Å². The molecule has 0 amide bonds. The van der Waals surface area contributed by atoms with Gasteiger partial charge in [-0.1, -0.05) is 12.1 Å². The number of rotatable bonds is 4. The minimum absolute atomic E-state index is 0.0652. The van der Waals surface area contributed by atoms with Gasteiger partial charge in [-0.15, -0.1) is 10.2 Å². The van der Waals surface area contributed by atoms with Crippen LogP contribution in [0.3, 0.4) is 0 Å². The molecule has 2 aromatic rings. The van der Waals surface area contributed by atoms with Crippen LogP contribution in [0.5, 0.6) is 5.75 Å². The monoisotopic (exact) mass is 272 g/mol. The molecule has 0 radical (unpaired) electrons. The fraction of sp³-hybridized carbons (Fsp3) is 0.357. The van der Waals surface area contributed by atoms with Gasteiger partial charge in [0, 0.05) is 13.1 Å². The summed E-state index contributed by atoms with van der Waals surface area (Å²) in [5, 5.41) is 7.94. The molecular weight excluding hydrogens is 256 g/mol. The van der Waals surface area contributed by atoms with Gasteiger partial charge in [-0.25, -0.2) is 0 Å². The second-order valence-electron chi connectivity index (χ2n) is 4.77. The fourth-order valence-corrected chi connectivity index (χ4v) is 2.41. The molecule has 0 spiro atoms. The predicted molar refractivity (Wildman–Crippen MR) is 72.6 cm³/mol. The number of nitrogens with zero attached hydrogens (tertiary/aromatic N) is 4. The molecule has 0 N–H and O–H groups in total. The SMILES string of the molecule is COc1ccccc1C(=O)CN1CCn2cnnc2C1. The molecule has 0 aliphatic carbocycles. The van der Waals surface area contributed by atoms with Crippen LogP contribution in [0.25, 0.3) is 0 Å². The van der Waals surface area contributed by atoms with E-state index in [1.165, 1.54) is 0 Å². The quantitative estimate of drug-likeness (QED) is 0.777. The Kier molecular flexibility index (Phi) is 3.47. The topological polar surface area (TPSA) is 60.2 Å². The predicted octanol–water partition coefficient (Wildman–Crippen LogP) is 0.985. The summed E-state index contributed by atoms with van der Waals surface area (Å²) >= 11 is 0. The van der Waals surface area contributed by atoms with Gasteiger partial charge in [-0.2, -0.15) is 0 Å². The van der Waals surface area contributed by atoms with Crippen LogP contribution < -0.4 is 4.74 Å². The molecule has 1 aliphatic rings. The van der Waals surface area contributed by atoms with Crippen LogP contribution in [0, 0.1) is 0 Å². The maximum Gasteiger partial charge on any atom is 0.180 e. The summed E-state index contributed by atoms with van der Waals surface area (Å²) < 4.78 is 7.25. The first kappa shape index (κ1) is 12.8. The largest absolute Gasteiger partial charge is 0.496 e. The van der Waals surface area contributed by atoms with E-state index in [2.05, 4.69) is 15.1 Å². The highest BCUT2D eigenvalue weighted by Crippen LogP contribution is 2.19. The highest BCUT2D eigenvalue weighted by Gasteiger charge is 2.21. The Morgan fingerprint density at radius 2 is 2.20 bits per heavy atom. The number of carbonyl (C=O) groups is 1. The number of fused-ring (bicyclic) bond motifs is 1. The van der Waals surface area contributed by atoms with Crippen LogP contribution in [0.2, 0.25) is 0 Å². The van der Waals surface area contributed by atoms with E-state index in [4.69, 9.17) is 4.74 Å². The Balaban J connectivity index is 1.71. The summed E-state index contributed by atoms with van der Waals surface area (Å²) in [6, 6.07) is 7.31. The molecule has 1 aromatic heterocycles. The number of hydrogen-bond acceptors (Lipinski definition) is 5. The van der Waals surface area contributed by atoms with E-state index < -0.39 is 0 Å². The lowest BCUT2D eigenvalue weighted by molar-refractivity contribution is 0.0905. The van der Waals surface area contributed by atoms with Crippen molar-refractivity contribution in [2.75, 3.05) is 20.2 Å². The van der Waals surface area contributed by atoms with Gasteiger partial charge < -0.3 is 9.30 Å². The van der Waals surface area contributed by atoms with Gasteiger partial charge in [0.2, 0.25) is 0 Å². The Morgan fingerprint density at radius 3 is 3.05 bits per heavy atom. The summed E-state index contributed by atoms with van der Waals surface area (Å²) in [4.78, 5) is 14.5. The van der Waals surface area contributed by atoms with Crippen LogP contribution in [-0.2, 0) is 13.1 Å². The molecule has 6 heteroatoms. The second kappa shape index (κ2) is 5.42. The molecule has 1 aromatic carbocycles. The third-order valence-corrected chi connectivity index (χ3v) is 3.49. The van der Waals surface area contributed by atoms with Gasteiger partial charge in [0.15, 0.2) is 5.78 Å². The number of carbonyl (C=O) groups excluding carboxylic acids is 1. The second-order valence-corrected chi connectivity index (χ2v) is 4.77. The zero-order valence-electron chi connectivity index (χ0n) is 11.3. The first-order valence-corrected chi connectivity index (χ1v) is 6.53. The average Bonchev–Trinajstić information content (AvgIpc) is 2.94. The van der Waals surface area contributed by atoms with Crippen LogP contribution in [-0.4, -0.2) is 45.6 Å². The Labute approximate surface area is 117 Å². The van der Waals surface area contributed by atoms with Gasteiger partial charge in [0.05, 0.1) is 25.8 Å². The van der Waals surface area contributed by atoms with Gasteiger partial charge in [-0.05, 0) is 12.1 Å². The van der Waals surface area contributed by atoms with Gasteiger partial charge in [-0.3, -0.25) is 9.69 Å². The maximum atomic E-state index is 12.4. The third kappa shape index (κ3) is 2.42. The van der Waals surface area contributed by atoms with E-state index in [-0.39, 0.29) is 5.78 Å². The van der Waals surface area contributed by atoms with Crippen molar-refractivity contribution in [3.63, 3.8) is 0 Å². The number of para-hydroxylation sites is 1. The van der Waals surface area contributed by atoms with Crippen molar-refractivity contribution in [3.05, 3.63) is 42.0 Å². The van der Waals surface area contributed by atoms with Gasteiger partial charge in [0.25, 0.3) is 0 Å². The lowest BCUT2D eigenvalue weighted by atomic mass is 10.1. The number of hydrogen-bond donors (Lipinski definition) is 0. The zero-order valence-corrected chi connectivity index (χ0v) is 11.3. The van der Waals surface area contributed by atoms with Crippen molar-refractivity contribution >= 4 is 5.78 Å². The Morgan fingerprint density at radius 1 is 1.35 bits per heavy atom. The smallest absolute Gasteiger partial charge is 0.180 e. The molecule has 6 nitrogen and oxygen atoms in total. The molecule has 20 heavy (non-hydrogen) atoms. The molecular formula is C14H16N4O2. The summed E-state index contributed by atoms with van der Waals surface area (Å²) in [6.45, 7) is 2.67. The van der Waals surface area contributed by atoms with Gasteiger partial charge in [0.1, 0.15) is 17.9 Å². The van der Waals surface area contributed by atoms with Crippen LogP contribution >= 0.6 is 0 Å². The molecule has 0 unspecified atom stereocenters. The van der Waals surface area contributed by atoms with E-state index in [0.717, 1.165) is 18.9 Å². The molecule has 1 aliphatic heterocycles. The molecule has 104 valence electrons. The normalized spacial score (nSPS) is 14.8. The molecule has 2 heterocycles. The summed E-state index contributed by atoms with van der Waals surface area (Å²) in [6.07, 6.45) is 1.73. The lowest BCUT2D eigenvalue weighted by Crippen LogP contribution is -2.37. The van der Waals surface area contributed by atoms with Crippen molar-refractivity contribution in [1.82, 2.24) is 19.7 Å². The Hall–Kier alpha value is -2.21. The lowest BCUT2D eigenvalue weighted by Gasteiger charge is -2.26. The molecule has 0 saturated carbocycles. The van der Waals surface area contributed by atoms with Crippen LogP contribution in [0.4, 0.5) is 0 Å². The van der Waals surface area contributed by atoms with Crippen molar-refractivity contribution in [1.29, 1.82) is 0 Å². The molecule has 3 rings (SSSR count). The first-order chi connectivity index (χ1) is 9.78. The van der Waals surface area contributed by atoms with E-state index in [1.54, 1.807) is 25.6 Å². The van der Waals surface area contributed by atoms with E-state index in [9.17, 15) is 4.79 Å². The molecule has 0 bridgehead atoms. The highest BCUT2D eigenvalue weighted by molar-refractivity contribution is 6.00.